The monoisotopic (exact) mass is 389 g/mol. The van der Waals surface area contributed by atoms with Crippen molar-refractivity contribution in [2.45, 2.75) is 19.3 Å². The summed E-state index contributed by atoms with van der Waals surface area (Å²) in [5.74, 6) is 1.31. The zero-order valence-electron chi connectivity index (χ0n) is 16.9. The number of rotatable bonds is 6. The van der Waals surface area contributed by atoms with Crippen molar-refractivity contribution >= 4 is 22.7 Å². The van der Waals surface area contributed by atoms with E-state index in [4.69, 9.17) is 9.72 Å². The predicted molar refractivity (Wildman–Crippen MR) is 112 cm³/mol. The molecule has 1 N–H and O–H groups in total. The van der Waals surface area contributed by atoms with E-state index < -0.39 is 0 Å². The molecule has 0 aromatic carbocycles. The zero-order valence-corrected chi connectivity index (χ0v) is 16.9. The van der Waals surface area contributed by atoms with Gasteiger partial charge in [-0.1, -0.05) is 13.8 Å². The van der Waals surface area contributed by atoms with Crippen LogP contribution in [0.3, 0.4) is 0 Å². The summed E-state index contributed by atoms with van der Waals surface area (Å²) in [6.07, 6.45) is 7.37. The summed E-state index contributed by atoms with van der Waals surface area (Å²) < 4.78 is 7.09. The Kier molecular flexibility index (Phi) is 4.94. The maximum Gasteiger partial charge on any atom is 0.154 e. The second-order valence-corrected chi connectivity index (χ2v) is 7.63. The van der Waals surface area contributed by atoms with Crippen molar-refractivity contribution in [3.05, 3.63) is 54.6 Å². The summed E-state index contributed by atoms with van der Waals surface area (Å²) in [5, 5.41) is 15.8. The molecule has 0 radical (unpaired) electrons. The van der Waals surface area contributed by atoms with Gasteiger partial charge in [0.25, 0.3) is 0 Å². The number of pyridine rings is 2. The average Bonchev–Trinajstić information content (AvgIpc) is 3.14. The second-order valence-electron chi connectivity index (χ2n) is 7.63. The number of ether oxygens (including phenoxy) is 1. The molecule has 4 aromatic rings. The number of aromatic nitrogens is 6. The predicted octanol–water partition coefficient (Wildman–Crippen LogP) is 3.49. The van der Waals surface area contributed by atoms with E-state index in [1.807, 2.05) is 49.9 Å². The Morgan fingerprint density at radius 2 is 1.90 bits per heavy atom. The van der Waals surface area contributed by atoms with Crippen molar-refractivity contribution in [3.63, 3.8) is 0 Å². The zero-order chi connectivity index (χ0) is 20.4. The highest BCUT2D eigenvalue weighted by Crippen LogP contribution is 2.26. The van der Waals surface area contributed by atoms with E-state index in [9.17, 15) is 0 Å². The first-order chi connectivity index (χ1) is 13.9. The molecular formula is C21H23N7O. The van der Waals surface area contributed by atoms with Crippen LogP contribution in [0.15, 0.2) is 49.1 Å². The van der Waals surface area contributed by atoms with Gasteiger partial charge in [0.15, 0.2) is 5.82 Å². The van der Waals surface area contributed by atoms with Crippen molar-refractivity contribution < 1.29 is 4.74 Å². The first-order valence-electron chi connectivity index (χ1n) is 9.29. The highest BCUT2D eigenvalue weighted by Gasteiger charge is 2.21. The minimum atomic E-state index is -0.166. The van der Waals surface area contributed by atoms with Crippen molar-refractivity contribution in [2.75, 3.05) is 19.0 Å². The fraction of sp³-hybridized carbons (Fsp3) is 0.286. The fourth-order valence-corrected chi connectivity index (χ4v) is 3.18. The molecule has 8 nitrogen and oxygen atoms in total. The molecule has 4 rings (SSSR count). The lowest BCUT2D eigenvalue weighted by molar-refractivity contribution is 0.146. The number of hydrogen-bond donors (Lipinski definition) is 1. The molecule has 0 fully saturated rings. The Morgan fingerprint density at radius 3 is 2.66 bits per heavy atom. The Bertz CT molecular complexity index is 1150. The maximum atomic E-state index is 5.32. The normalized spacial score (nSPS) is 11.7. The van der Waals surface area contributed by atoms with Crippen LogP contribution >= 0.6 is 0 Å². The van der Waals surface area contributed by atoms with E-state index in [1.54, 1.807) is 18.0 Å². The van der Waals surface area contributed by atoms with Crippen molar-refractivity contribution in [1.82, 2.24) is 29.9 Å². The molecule has 29 heavy (non-hydrogen) atoms. The van der Waals surface area contributed by atoms with Crippen molar-refractivity contribution in [3.8, 4) is 11.1 Å². The van der Waals surface area contributed by atoms with Gasteiger partial charge in [-0.05, 0) is 29.8 Å². The van der Waals surface area contributed by atoms with E-state index in [-0.39, 0.29) is 5.41 Å². The second kappa shape index (κ2) is 7.56. The molecule has 0 unspecified atom stereocenters. The van der Waals surface area contributed by atoms with Crippen LogP contribution in [0.2, 0.25) is 0 Å². The van der Waals surface area contributed by atoms with Gasteiger partial charge in [-0.25, -0.2) is 4.98 Å². The van der Waals surface area contributed by atoms with Crippen molar-refractivity contribution in [2.24, 2.45) is 7.05 Å². The third-order valence-corrected chi connectivity index (χ3v) is 4.77. The molecule has 0 spiro atoms. The van der Waals surface area contributed by atoms with Crippen molar-refractivity contribution in [1.29, 1.82) is 0 Å². The van der Waals surface area contributed by atoms with Gasteiger partial charge in [0.1, 0.15) is 5.82 Å². The van der Waals surface area contributed by atoms with Gasteiger partial charge in [-0.2, -0.15) is 10.2 Å². The van der Waals surface area contributed by atoms with Crippen LogP contribution in [0.5, 0.6) is 0 Å². The number of hydrogen-bond acceptors (Lipinski definition) is 7. The third-order valence-electron chi connectivity index (χ3n) is 4.77. The summed E-state index contributed by atoms with van der Waals surface area (Å²) in [5.41, 5.74) is 4.46. The van der Waals surface area contributed by atoms with Crippen LogP contribution in [0.4, 0.5) is 11.6 Å². The molecule has 148 valence electrons. The smallest absolute Gasteiger partial charge is 0.154 e. The molecule has 0 atom stereocenters. The number of methoxy groups -OCH3 is 1. The van der Waals surface area contributed by atoms with Gasteiger partial charge in [-0.15, -0.1) is 5.10 Å². The quantitative estimate of drug-likeness (QED) is 0.540. The molecule has 4 heterocycles. The highest BCUT2D eigenvalue weighted by atomic mass is 16.5. The van der Waals surface area contributed by atoms with E-state index in [2.05, 4.69) is 39.4 Å². The number of nitrogens with zero attached hydrogens (tertiary/aromatic N) is 6. The Labute approximate surface area is 169 Å². The Hall–Kier alpha value is -3.39. The molecule has 0 amide bonds. The summed E-state index contributed by atoms with van der Waals surface area (Å²) in [6, 6.07) is 7.80. The first-order valence-corrected chi connectivity index (χ1v) is 9.29. The Morgan fingerprint density at radius 1 is 1.03 bits per heavy atom. The van der Waals surface area contributed by atoms with Crippen LogP contribution in [-0.4, -0.2) is 43.7 Å². The molecular weight excluding hydrogens is 366 g/mol. The number of anilines is 2. The van der Waals surface area contributed by atoms with E-state index in [0.717, 1.165) is 27.7 Å². The SMILES string of the molecule is COCC(C)(C)c1cnnc(Nc2ccc3ncc(-c4cnn(C)c4)cc3n2)c1. The minimum Gasteiger partial charge on any atom is -0.384 e. The molecule has 0 aliphatic rings. The summed E-state index contributed by atoms with van der Waals surface area (Å²) in [6.45, 7) is 4.81. The van der Waals surface area contributed by atoms with Gasteiger partial charge in [0.05, 0.1) is 30.0 Å². The number of fused-ring (bicyclic) bond motifs is 1. The first kappa shape index (κ1) is 18.9. The summed E-state index contributed by atoms with van der Waals surface area (Å²) in [4.78, 5) is 9.21. The van der Waals surface area contributed by atoms with Crippen LogP contribution in [0.25, 0.3) is 22.2 Å². The highest BCUT2D eigenvalue weighted by molar-refractivity contribution is 5.81. The van der Waals surface area contributed by atoms with Gasteiger partial charge in [0, 0.05) is 43.1 Å². The van der Waals surface area contributed by atoms with Crippen LogP contribution in [0.1, 0.15) is 19.4 Å². The number of aryl methyl sites for hydroxylation is 1. The van der Waals surface area contributed by atoms with Gasteiger partial charge < -0.3 is 10.1 Å². The molecule has 4 aromatic heterocycles. The Balaban J connectivity index is 1.63. The topological polar surface area (TPSA) is 90.6 Å². The molecule has 0 saturated carbocycles. The van der Waals surface area contributed by atoms with Crippen LogP contribution in [-0.2, 0) is 17.2 Å². The lowest BCUT2D eigenvalue weighted by Crippen LogP contribution is -2.24. The standard InChI is InChI=1S/C21H23N7O/c1-21(2,13-29-4)16-8-20(27-23-11-16)26-19-6-5-17-18(25-19)7-14(9-22-17)15-10-24-28(3)12-15/h5-12H,13H2,1-4H3,(H,25,26,27). The summed E-state index contributed by atoms with van der Waals surface area (Å²) >= 11 is 0. The van der Waals surface area contributed by atoms with E-state index in [0.29, 0.717) is 18.2 Å². The number of nitrogens with one attached hydrogen (secondary N) is 1. The fourth-order valence-electron chi connectivity index (χ4n) is 3.18. The molecule has 8 heteroatoms. The molecule has 0 saturated heterocycles. The third kappa shape index (κ3) is 4.07. The van der Waals surface area contributed by atoms with E-state index >= 15 is 0 Å². The van der Waals surface area contributed by atoms with E-state index in [1.165, 1.54) is 0 Å². The van der Waals surface area contributed by atoms with Gasteiger partial charge >= 0.3 is 0 Å². The van der Waals surface area contributed by atoms with Crippen LogP contribution < -0.4 is 5.32 Å². The minimum absolute atomic E-state index is 0.166. The molecule has 0 aliphatic heterocycles. The average molecular weight is 389 g/mol. The molecule has 0 aliphatic carbocycles. The van der Waals surface area contributed by atoms with Gasteiger partial charge in [0.2, 0.25) is 0 Å². The largest absolute Gasteiger partial charge is 0.384 e. The van der Waals surface area contributed by atoms with Crippen LogP contribution in [0, 0.1) is 0 Å². The lowest BCUT2D eigenvalue weighted by Gasteiger charge is -2.23. The maximum absolute atomic E-state index is 5.32. The van der Waals surface area contributed by atoms with Gasteiger partial charge in [-0.3, -0.25) is 9.67 Å². The molecule has 0 bridgehead atoms. The summed E-state index contributed by atoms with van der Waals surface area (Å²) in [7, 11) is 3.59. The lowest BCUT2D eigenvalue weighted by atomic mass is 9.87.